The Morgan fingerprint density at radius 2 is 1.68 bits per heavy atom. The molecule has 0 unspecified atom stereocenters. The minimum atomic E-state index is -3.60. The highest BCUT2D eigenvalue weighted by Gasteiger charge is 2.34. The topological polar surface area (TPSA) is 60.9 Å². The van der Waals surface area contributed by atoms with Crippen LogP contribution in [0.25, 0.3) is 0 Å². The minimum absolute atomic E-state index is 0.234. The van der Waals surface area contributed by atoms with Crippen LogP contribution in [0.1, 0.15) is 19.4 Å². The average molecular weight is 286 g/mol. The molecule has 1 rings (SSSR count). The van der Waals surface area contributed by atoms with E-state index >= 15 is 0 Å². The van der Waals surface area contributed by atoms with Gasteiger partial charge in [0, 0.05) is 20.6 Å². The Kier molecular flexibility index (Phi) is 5.09. The van der Waals surface area contributed by atoms with Crippen molar-refractivity contribution in [1.82, 2.24) is 8.61 Å². The van der Waals surface area contributed by atoms with Crippen LogP contribution in [0.15, 0.2) is 30.3 Å². The zero-order valence-corrected chi connectivity index (χ0v) is 12.7. The zero-order chi connectivity index (χ0) is 14.7. The third-order valence-corrected chi connectivity index (χ3v) is 5.33. The maximum Gasteiger partial charge on any atom is 0.282 e. The Labute approximate surface area is 115 Å². The summed E-state index contributed by atoms with van der Waals surface area (Å²) >= 11 is 0. The Morgan fingerprint density at radius 1 is 1.16 bits per heavy atom. The third kappa shape index (κ3) is 3.76. The summed E-state index contributed by atoms with van der Waals surface area (Å²) in [5.74, 6) is 0. The average Bonchev–Trinajstić information content (AvgIpc) is 2.38. The van der Waals surface area contributed by atoms with Gasteiger partial charge in [0.25, 0.3) is 10.2 Å². The number of likely N-dealkylation sites (N-methyl/N-ethyl adjacent to an activating group) is 1. The van der Waals surface area contributed by atoms with Gasteiger partial charge < -0.3 is 5.11 Å². The molecule has 0 amide bonds. The summed E-state index contributed by atoms with van der Waals surface area (Å²) in [4.78, 5) is 0. The molecule has 0 saturated carbocycles. The van der Waals surface area contributed by atoms with Crippen molar-refractivity contribution in [3.63, 3.8) is 0 Å². The molecular weight excluding hydrogens is 264 g/mol. The van der Waals surface area contributed by atoms with E-state index in [-0.39, 0.29) is 6.61 Å². The first-order valence-corrected chi connectivity index (χ1v) is 7.46. The number of aliphatic hydroxyl groups is 1. The molecule has 0 atom stereocenters. The highest BCUT2D eigenvalue weighted by molar-refractivity contribution is 7.86. The summed E-state index contributed by atoms with van der Waals surface area (Å²) in [5.41, 5.74) is 0.0906. The first-order chi connectivity index (χ1) is 8.71. The van der Waals surface area contributed by atoms with E-state index < -0.39 is 15.7 Å². The molecule has 0 radical (unpaired) electrons. The molecule has 0 aliphatic heterocycles. The van der Waals surface area contributed by atoms with Gasteiger partial charge in [-0.15, -0.1) is 0 Å². The van der Waals surface area contributed by atoms with Crippen molar-refractivity contribution in [2.75, 3.05) is 20.7 Å². The van der Waals surface area contributed by atoms with Crippen molar-refractivity contribution >= 4 is 10.2 Å². The van der Waals surface area contributed by atoms with Gasteiger partial charge in [0.2, 0.25) is 0 Å². The second kappa shape index (κ2) is 6.00. The molecule has 1 aromatic carbocycles. The van der Waals surface area contributed by atoms with Crippen molar-refractivity contribution in [1.29, 1.82) is 0 Å². The smallest absolute Gasteiger partial charge is 0.282 e. The third-order valence-electron chi connectivity index (χ3n) is 3.23. The monoisotopic (exact) mass is 286 g/mol. The van der Waals surface area contributed by atoms with Crippen molar-refractivity contribution in [3.05, 3.63) is 35.9 Å². The van der Waals surface area contributed by atoms with Crippen LogP contribution in [0.5, 0.6) is 0 Å². The molecule has 0 saturated heterocycles. The summed E-state index contributed by atoms with van der Waals surface area (Å²) in [6.07, 6.45) is 0. The summed E-state index contributed by atoms with van der Waals surface area (Å²) in [7, 11) is -0.587. The molecule has 19 heavy (non-hydrogen) atoms. The lowest BCUT2D eigenvalue weighted by Crippen LogP contribution is -2.52. The lowest BCUT2D eigenvalue weighted by atomic mass is 10.1. The first-order valence-electron chi connectivity index (χ1n) is 6.07. The number of hydrogen-bond acceptors (Lipinski definition) is 3. The predicted molar refractivity (Wildman–Crippen MR) is 75.8 cm³/mol. The van der Waals surface area contributed by atoms with Gasteiger partial charge in [-0.2, -0.15) is 17.0 Å². The fraction of sp³-hybridized carbons (Fsp3) is 0.538. The maximum atomic E-state index is 12.4. The lowest BCUT2D eigenvalue weighted by Gasteiger charge is -2.35. The molecule has 0 spiro atoms. The fourth-order valence-electron chi connectivity index (χ4n) is 1.54. The van der Waals surface area contributed by atoms with Gasteiger partial charge in [0.15, 0.2) is 0 Å². The van der Waals surface area contributed by atoms with Crippen LogP contribution in [0, 0.1) is 0 Å². The van der Waals surface area contributed by atoms with Crippen LogP contribution >= 0.6 is 0 Å². The molecule has 0 aromatic heterocycles. The van der Waals surface area contributed by atoms with Gasteiger partial charge in [0.05, 0.1) is 12.1 Å². The second-order valence-electron chi connectivity index (χ2n) is 5.19. The van der Waals surface area contributed by atoms with Crippen molar-refractivity contribution in [3.8, 4) is 0 Å². The molecule has 108 valence electrons. The maximum absolute atomic E-state index is 12.4. The van der Waals surface area contributed by atoms with Gasteiger partial charge >= 0.3 is 0 Å². The largest absolute Gasteiger partial charge is 0.394 e. The normalized spacial score (nSPS) is 13.2. The van der Waals surface area contributed by atoms with Gasteiger partial charge in [-0.3, -0.25) is 0 Å². The van der Waals surface area contributed by atoms with E-state index in [2.05, 4.69) is 0 Å². The van der Waals surface area contributed by atoms with Gasteiger partial charge in [-0.25, -0.2) is 0 Å². The van der Waals surface area contributed by atoms with E-state index in [0.29, 0.717) is 6.54 Å². The van der Waals surface area contributed by atoms with Crippen LogP contribution in [-0.2, 0) is 16.8 Å². The molecule has 0 heterocycles. The van der Waals surface area contributed by atoms with E-state index in [0.717, 1.165) is 5.56 Å². The summed E-state index contributed by atoms with van der Waals surface area (Å²) in [6.45, 7) is 3.43. The van der Waals surface area contributed by atoms with Crippen molar-refractivity contribution < 1.29 is 13.5 Å². The molecule has 1 aromatic rings. The summed E-state index contributed by atoms with van der Waals surface area (Å²) < 4.78 is 27.2. The van der Waals surface area contributed by atoms with Crippen LogP contribution in [0.4, 0.5) is 0 Å². The number of benzene rings is 1. The Hall–Kier alpha value is -0.950. The standard InChI is InChI=1S/C13H22N2O3S/c1-13(2,11-16)15(4)19(17,18)14(3)10-12-8-6-5-7-9-12/h5-9,16H,10-11H2,1-4H3. The quantitative estimate of drug-likeness (QED) is 0.851. The number of hydrogen-bond donors (Lipinski definition) is 1. The van der Waals surface area contributed by atoms with Crippen molar-refractivity contribution in [2.24, 2.45) is 0 Å². The number of nitrogens with zero attached hydrogens (tertiary/aromatic N) is 2. The van der Waals surface area contributed by atoms with E-state index in [9.17, 15) is 13.5 Å². The lowest BCUT2D eigenvalue weighted by molar-refractivity contribution is 0.132. The molecule has 1 N–H and O–H groups in total. The molecule has 0 bridgehead atoms. The summed E-state index contributed by atoms with van der Waals surface area (Å²) in [5, 5.41) is 9.27. The predicted octanol–water partition coefficient (Wildman–Crippen LogP) is 1.07. The number of rotatable bonds is 6. The Morgan fingerprint density at radius 3 is 2.16 bits per heavy atom. The van der Waals surface area contributed by atoms with Gasteiger partial charge in [-0.05, 0) is 19.4 Å². The Balaban J connectivity index is 2.89. The molecule has 0 aliphatic carbocycles. The van der Waals surface area contributed by atoms with Gasteiger partial charge in [-0.1, -0.05) is 30.3 Å². The fourth-order valence-corrected chi connectivity index (χ4v) is 2.96. The van der Waals surface area contributed by atoms with Crippen molar-refractivity contribution in [2.45, 2.75) is 25.9 Å². The molecule has 0 fully saturated rings. The molecule has 5 nitrogen and oxygen atoms in total. The van der Waals surface area contributed by atoms with E-state index in [4.69, 9.17) is 0 Å². The molecule has 0 aliphatic rings. The SMILES string of the molecule is CN(Cc1ccccc1)S(=O)(=O)N(C)C(C)(C)CO. The summed E-state index contributed by atoms with van der Waals surface area (Å²) in [6, 6.07) is 9.39. The van der Waals surface area contributed by atoms with Crippen LogP contribution in [0.2, 0.25) is 0 Å². The van der Waals surface area contributed by atoms with E-state index in [1.54, 1.807) is 13.8 Å². The first kappa shape index (κ1) is 16.1. The second-order valence-corrected chi connectivity index (χ2v) is 7.25. The minimum Gasteiger partial charge on any atom is -0.394 e. The van der Waals surface area contributed by atoms with Crippen LogP contribution < -0.4 is 0 Å². The Bertz CT molecular complexity index is 500. The van der Waals surface area contributed by atoms with Crippen LogP contribution in [0.3, 0.4) is 0 Å². The van der Waals surface area contributed by atoms with E-state index in [1.165, 1.54) is 22.7 Å². The highest BCUT2D eigenvalue weighted by Crippen LogP contribution is 2.19. The zero-order valence-electron chi connectivity index (χ0n) is 11.9. The molecule has 6 heteroatoms. The van der Waals surface area contributed by atoms with E-state index in [1.807, 2.05) is 30.3 Å². The molecular formula is C13H22N2O3S. The highest BCUT2D eigenvalue weighted by atomic mass is 32.2. The number of aliphatic hydroxyl groups excluding tert-OH is 1. The van der Waals surface area contributed by atoms with Crippen LogP contribution in [-0.4, -0.2) is 48.4 Å². The van der Waals surface area contributed by atoms with Gasteiger partial charge in [0.1, 0.15) is 0 Å².